The molecule has 104 valence electrons. The zero-order valence-corrected chi connectivity index (χ0v) is 11.4. The molecular formula is C15H22N2O2. The molecular weight excluding hydrogens is 240 g/mol. The fourth-order valence-electron chi connectivity index (χ4n) is 4.81. The largest absolute Gasteiger partial charge is 0.338 e. The summed E-state index contributed by atoms with van der Waals surface area (Å²) in [7, 11) is 0. The van der Waals surface area contributed by atoms with Crippen LogP contribution in [-0.2, 0) is 9.59 Å². The first-order valence-corrected chi connectivity index (χ1v) is 7.85. The van der Waals surface area contributed by atoms with Crippen LogP contribution in [-0.4, -0.2) is 53.2 Å². The normalized spacial score (nSPS) is 42.8. The van der Waals surface area contributed by atoms with Crippen molar-refractivity contribution in [3.8, 4) is 0 Å². The molecule has 0 spiro atoms. The van der Waals surface area contributed by atoms with Gasteiger partial charge in [0.05, 0.1) is 5.92 Å². The number of fused-ring (bicyclic) bond motifs is 6. The molecule has 4 unspecified atom stereocenters. The van der Waals surface area contributed by atoms with E-state index in [0.29, 0.717) is 0 Å². The van der Waals surface area contributed by atoms with Gasteiger partial charge >= 0.3 is 0 Å². The molecule has 4 heteroatoms. The minimum atomic E-state index is -0.326. The third-order valence-corrected chi connectivity index (χ3v) is 5.72. The zero-order chi connectivity index (χ0) is 13.0. The summed E-state index contributed by atoms with van der Waals surface area (Å²) in [6.07, 6.45) is 6.76. The van der Waals surface area contributed by atoms with Crippen molar-refractivity contribution in [1.82, 2.24) is 9.80 Å². The van der Waals surface area contributed by atoms with Crippen LogP contribution in [0.25, 0.3) is 0 Å². The summed E-state index contributed by atoms with van der Waals surface area (Å²) in [6.45, 7) is 2.88. The van der Waals surface area contributed by atoms with Crippen molar-refractivity contribution in [2.75, 3.05) is 19.6 Å². The van der Waals surface area contributed by atoms with E-state index in [-0.39, 0.29) is 35.6 Å². The SMILES string of the molecule is O=C1C2CN3CCCCC3C1C(=O)N1CCCCC21. The van der Waals surface area contributed by atoms with Gasteiger partial charge in [0.25, 0.3) is 0 Å². The van der Waals surface area contributed by atoms with Crippen molar-refractivity contribution < 1.29 is 9.59 Å². The van der Waals surface area contributed by atoms with Crippen molar-refractivity contribution in [3.05, 3.63) is 0 Å². The van der Waals surface area contributed by atoms with Gasteiger partial charge in [0.2, 0.25) is 5.91 Å². The highest BCUT2D eigenvalue weighted by molar-refractivity contribution is 6.06. The predicted octanol–water partition coefficient (Wildman–Crippen LogP) is 1.05. The number of carbonyl (C=O) groups is 2. The van der Waals surface area contributed by atoms with Crippen LogP contribution in [0.1, 0.15) is 38.5 Å². The molecule has 0 aromatic heterocycles. The summed E-state index contributed by atoms with van der Waals surface area (Å²) in [5.41, 5.74) is 0. The summed E-state index contributed by atoms with van der Waals surface area (Å²) in [4.78, 5) is 29.9. The lowest BCUT2D eigenvalue weighted by molar-refractivity contribution is -0.167. The molecule has 1 amide bonds. The summed E-state index contributed by atoms with van der Waals surface area (Å²) in [5.74, 6) is 0.213. The Morgan fingerprint density at radius 3 is 2.47 bits per heavy atom. The number of hydrogen-bond donors (Lipinski definition) is 0. The monoisotopic (exact) mass is 262 g/mol. The third-order valence-electron chi connectivity index (χ3n) is 5.72. The Hall–Kier alpha value is -0.900. The smallest absolute Gasteiger partial charge is 0.235 e. The van der Waals surface area contributed by atoms with E-state index in [4.69, 9.17) is 0 Å². The van der Waals surface area contributed by atoms with Crippen LogP contribution < -0.4 is 0 Å². The van der Waals surface area contributed by atoms with E-state index in [2.05, 4.69) is 9.80 Å². The summed E-state index contributed by atoms with van der Waals surface area (Å²) >= 11 is 0. The predicted molar refractivity (Wildman–Crippen MR) is 70.6 cm³/mol. The van der Waals surface area contributed by atoms with Gasteiger partial charge in [-0.2, -0.15) is 0 Å². The lowest BCUT2D eigenvalue weighted by atomic mass is 9.69. The molecule has 4 saturated heterocycles. The van der Waals surface area contributed by atoms with E-state index in [1.165, 1.54) is 19.3 Å². The highest BCUT2D eigenvalue weighted by atomic mass is 16.2. The molecule has 2 bridgehead atoms. The minimum Gasteiger partial charge on any atom is -0.338 e. The molecule has 4 heterocycles. The molecule has 4 nitrogen and oxygen atoms in total. The fraction of sp³-hybridized carbons (Fsp3) is 0.867. The van der Waals surface area contributed by atoms with Gasteiger partial charge in [-0.05, 0) is 38.6 Å². The van der Waals surface area contributed by atoms with Gasteiger partial charge in [0, 0.05) is 25.2 Å². The molecule has 4 rings (SSSR count). The second-order valence-corrected chi connectivity index (χ2v) is 6.64. The molecule has 4 fully saturated rings. The van der Waals surface area contributed by atoms with E-state index in [9.17, 15) is 9.59 Å². The van der Waals surface area contributed by atoms with Gasteiger partial charge in [0.1, 0.15) is 5.92 Å². The number of nitrogens with zero attached hydrogens (tertiary/aromatic N) is 2. The number of ketones is 1. The Bertz CT molecular complexity index is 420. The maximum absolute atomic E-state index is 12.7. The van der Waals surface area contributed by atoms with E-state index in [0.717, 1.165) is 38.9 Å². The van der Waals surface area contributed by atoms with Crippen LogP contribution in [0.3, 0.4) is 0 Å². The topological polar surface area (TPSA) is 40.6 Å². The van der Waals surface area contributed by atoms with Crippen LogP contribution >= 0.6 is 0 Å². The molecule has 4 aliphatic heterocycles. The van der Waals surface area contributed by atoms with E-state index in [1.807, 2.05) is 0 Å². The first kappa shape index (κ1) is 11.9. The second kappa shape index (κ2) is 4.30. The zero-order valence-electron chi connectivity index (χ0n) is 11.4. The van der Waals surface area contributed by atoms with E-state index >= 15 is 0 Å². The molecule has 0 radical (unpaired) electrons. The standard InChI is InChI=1S/C15H22N2O2/c18-14-10-9-16-7-3-1-6-12(16)13(14)15(19)17-8-4-2-5-11(10)17/h10-13H,1-9H2. The van der Waals surface area contributed by atoms with Crippen molar-refractivity contribution in [2.45, 2.75) is 50.6 Å². The van der Waals surface area contributed by atoms with Crippen LogP contribution in [0.5, 0.6) is 0 Å². The van der Waals surface area contributed by atoms with Gasteiger partial charge in [-0.25, -0.2) is 0 Å². The number of rotatable bonds is 0. The second-order valence-electron chi connectivity index (χ2n) is 6.64. The van der Waals surface area contributed by atoms with E-state index in [1.54, 1.807) is 0 Å². The van der Waals surface area contributed by atoms with Crippen LogP contribution in [0, 0.1) is 11.8 Å². The Morgan fingerprint density at radius 1 is 0.895 bits per heavy atom. The quantitative estimate of drug-likeness (QED) is 0.613. The van der Waals surface area contributed by atoms with Gasteiger partial charge in [-0.15, -0.1) is 0 Å². The maximum atomic E-state index is 12.7. The Kier molecular flexibility index (Phi) is 2.69. The minimum absolute atomic E-state index is 0.109. The number of carbonyl (C=O) groups excluding carboxylic acids is 2. The third kappa shape index (κ3) is 1.62. The first-order valence-electron chi connectivity index (χ1n) is 7.85. The Morgan fingerprint density at radius 2 is 1.63 bits per heavy atom. The average Bonchev–Trinajstić information content (AvgIpc) is 2.44. The number of Topliss-reactive ketones (excluding diaryl/α,β-unsaturated/α-hetero) is 1. The van der Waals surface area contributed by atoms with Gasteiger partial charge in [-0.3, -0.25) is 14.5 Å². The van der Waals surface area contributed by atoms with Crippen LogP contribution in [0.4, 0.5) is 0 Å². The Balaban J connectivity index is 1.70. The van der Waals surface area contributed by atoms with Gasteiger partial charge in [0.15, 0.2) is 5.78 Å². The molecule has 0 aromatic carbocycles. The van der Waals surface area contributed by atoms with Crippen molar-refractivity contribution in [2.24, 2.45) is 11.8 Å². The molecule has 0 aliphatic carbocycles. The number of amides is 1. The molecule has 0 N–H and O–H groups in total. The lowest BCUT2D eigenvalue weighted by Gasteiger charge is -2.55. The van der Waals surface area contributed by atoms with Crippen molar-refractivity contribution >= 4 is 11.7 Å². The molecule has 4 aliphatic rings. The molecule has 19 heavy (non-hydrogen) atoms. The highest BCUT2D eigenvalue weighted by Gasteiger charge is 2.56. The average molecular weight is 262 g/mol. The van der Waals surface area contributed by atoms with Crippen LogP contribution in [0.2, 0.25) is 0 Å². The lowest BCUT2D eigenvalue weighted by Crippen LogP contribution is -2.69. The Labute approximate surface area is 114 Å². The fourth-order valence-corrected chi connectivity index (χ4v) is 4.81. The first-order chi connectivity index (χ1) is 9.27. The van der Waals surface area contributed by atoms with Crippen molar-refractivity contribution in [3.63, 3.8) is 0 Å². The van der Waals surface area contributed by atoms with E-state index < -0.39 is 0 Å². The molecule has 0 aromatic rings. The molecule has 0 saturated carbocycles. The highest BCUT2D eigenvalue weighted by Crippen LogP contribution is 2.41. The number of hydrogen-bond acceptors (Lipinski definition) is 3. The number of piperidine rings is 4. The maximum Gasteiger partial charge on any atom is 0.235 e. The summed E-state index contributed by atoms with van der Waals surface area (Å²) < 4.78 is 0. The van der Waals surface area contributed by atoms with Gasteiger partial charge in [-0.1, -0.05) is 6.42 Å². The van der Waals surface area contributed by atoms with Crippen LogP contribution in [0.15, 0.2) is 0 Å². The van der Waals surface area contributed by atoms with Gasteiger partial charge < -0.3 is 4.90 Å². The van der Waals surface area contributed by atoms with Crippen molar-refractivity contribution in [1.29, 1.82) is 0 Å². The summed E-state index contributed by atoms with van der Waals surface area (Å²) in [6, 6.07) is 0.431. The molecule has 4 atom stereocenters. The summed E-state index contributed by atoms with van der Waals surface area (Å²) in [5, 5.41) is 0.